The normalized spacial score (nSPS) is 14.2. The topological polar surface area (TPSA) is 80.1 Å². The van der Waals surface area contributed by atoms with Gasteiger partial charge in [-0.05, 0) is 74.5 Å². The molecule has 0 aliphatic carbocycles. The molecule has 1 saturated heterocycles. The molecule has 206 valence electrons. The van der Waals surface area contributed by atoms with Gasteiger partial charge in [0.05, 0.1) is 36.6 Å². The van der Waals surface area contributed by atoms with Crippen LogP contribution in [0.4, 0.5) is 5.69 Å². The Morgan fingerprint density at radius 1 is 1.13 bits per heavy atom. The lowest BCUT2D eigenvalue weighted by Crippen LogP contribution is -2.21. The number of rotatable bonds is 7. The first kappa shape index (κ1) is 26.8. The van der Waals surface area contributed by atoms with Gasteiger partial charge in [0.2, 0.25) is 0 Å². The summed E-state index contributed by atoms with van der Waals surface area (Å²) in [6, 6.07) is 10.1. The van der Waals surface area contributed by atoms with E-state index in [1.165, 1.54) is 18.4 Å². The number of nitrogens with one attached hydrogen (secondary N) is 2. The number of aryl methyl sites for hydroxylation is 2. The summed E-state index contributed by atoms with van der Waals surface area (Å²) in [6.45, 7) is 13.7. The number of hydrogen-bond acceptors (Lipinski definition) is 4. The molecular formula is C31H40N6O2. The van der Waals surface area contributed by atoms with Gasteiger partial charge in [-0.3, -0.25) is 24.2 Å². The molecular weight excluding hydrogens is 488 g/mol. The van der Waals surface area contributed by atoms with Gasteiger partial charge in [-0.25, -0.2) is 0 Å². The van der Waals surface area contributed by atoms with Crippen molar-refractivity contribution in [2.24, 2.45) is 7.05 Å². The van der Waals surface area contributed by atoms with Crippen LogP contribution in [-0.2, 0) is 19.0 Å². The number of H-pyrrole nitrogens is 1. The van der Waals surface area contributed by atoms with Gasteiger partial charge >= 0.3 is 0 Å². The Morgan fingerprint density at radius 2 is 1.85 bits per heavy atom. The predicted octanol–water partition coefficient (Wildman–Crippen LogP) is 5.98. The highest BCUT2D eigenvalue weighted by molar-refractivity contribution is 6.05. The molecule has 1 fully saturated rings. The van der Waals surface area contributed by atoms with Crippen molar-refractivity contribution in [3.63, 3.8) is 0 Å². The van der Waals surface area contributed by atoms with E-state index in [1.807, 2.05) is 60.9 Å². The lowest BCUT2D eigenvalue weighted by molar-refractivity contribution is 0.102. The summed E-state index contributed by atoms with van der Waals surface area (Å²) in [4.78, 5) is 16.0. The number of methoxy groups -OCH3 is 1. The van der Waals surface area contributed by atoms with Gasteiger partial charge in [-0.2, -0.15) is 5.10 Å². The average molecular weight is 529 g/mol. The van der Waals surface area contributed by atoms with Crippen LogP contribution in [-0.4, -0.2) is 50.6 Å². The van der Waals surface area contributed by atoms with E-state index in [4.69, 9.17) is 4.74 Å². The fourth-order valence-corrected chi connectivity index (χ4v) is 5.24. The fraction of sp³-hybridized carbons (Fsp3) is 0.419. The molecule has 0 unspecified atom stereocenters. The van der Waals surface area contributed by atoms with Crippen molar-refractivity contribution in [3.8, 4) is 22.7 Å². The standard InChI is InChI=1S/C31H40N6O2/c1-20-10-11-22(15-28(20)37-19-27(34-37)25-17-32-35(6)21(25)2)30(38)33-26-16-24(31(3,4)5)14-23(29(26)39-7)18-36-12-8-9-13-36/h10-11,14-17,19,34H,8-9,12-13,18H2,1-7H3,(H,33,38). The molecule has 1 aliphatic heterocycles. The van der Waals surface area contributed by atoms with Crippen LogP contribution in [0.5, 0.6) is 5.75 Å². The van der Waals surface area contributed by atoms with E-state index < -0.39 is 0 Å². The first-order valence-electron chi connectivity index (χ1n) is 13.7. The molecule has 39 heavy (non-hydrogen) atoms. The molecule has 0 radical (unpaired) electrons. The minimum atomic E-state index is -0.166. The lowest BCUT2D eigenvalue weighted by atomic mass is 9.85. The third kappa shape index (κ3) is 5.39. The smallest absolute Gasteiger partial charge is 0.255 e. The average Bonchev–Trinajstić information content (AvgIpc) is 3.49. The van der Waals surface area contributed by atoms with Crippen molar-refractivity contribution in [1.82, 2.24) is 24.5 Å². The maximum Gasteiger partial charge on any atom is 0.255 e. The number of amides is 1. The van der Waals surface area contributed by atoms with Crippen molar-refractivity contribution in [3.05, 3.63) is 70.7 Å². The molecule has 0 bridgehead atoms. The summed E-state index contributed by atoms with van der Waals surface area (Å²) >= 11 is 0. The minimum absolute atomic E-state index is 0.0671. The number of aromatic amines is 1. The number of hydrogen-bond donors (Lipinski definition) is 2. The van der Waals surface area contributed by atoms with Crippen LogP contribution in [0, 0.1) is 13.8 Å². The maximum absolute atomic E-state index is 13.6. The minimum Gasteiger partial charge on any atom is -0.494 e. The van der Waals surface area contributed by atoms with E-state index in [0.29, 0.717) is 11.3 Å². The van der Waals surface area contributed by atoms with Gasteiger partial charge in [0.15, 0.2) is 0 Å². The molecule has 2 aromatic heterocycles. The first-order valence-corrected chi connectivity index (χ1v) is 13.7. The van der Waals surface area contributed by atoms with Crippen LogP contribution in [0.15, 0.2) is 42.7 Å². The number of anilines is 1. The van der Waals surface area contributed by atoms with Gasteiger partial charge in [0, 0.05) is 36.0 Å². The van der Waals surface area contributed by atoms with E-state index in [2.05, 4.69) is 53.3 Å². The Hall–Kier alpha value is -3.78. The van der Waals surface area contributed by atoms with Crippen molar-refractivity contribution in [1.29, 1.82) is 0 Å². The molecule has 5 rings (SSSR count). The van der Waals surface area contributed by atoms with Gasteiger partial charge in [-0.1, -0.05) is 32.9 Å². The predicted molar refractivity (Wildman–Crippen MR) is 156 cm³/mol. The Kier molecular flexibility index (Phi) is 7.16. The summed E-state index contributed by atoms with van der Waals surface area (Å²) in [6.07, 6.45) is 6.35. The fourth-order valence-electron chi connectivity index (χ4n) is 5.24. The molecule has 0 saturated carbocycles. The number of carbonyl (C=O) groups is 1. The molecule has 0 atom stereocenters. The number of likely N-dealkylation sites (tertiary alicyclic amines) is 1. The van der Waals surface area contributed by atoms with Crippen LogP contribution in [0.3, 0.4) is 0 Å². The van der Waals surface area contributed by atoms with Crippen LogP contribution in [0.1, 0.15) is 66.4 Å². The zero-order valence-corrected chi connectivity index (χ0v) is 24.2. The number of carbonyl (C=O) groups excluding carboxylic acids is 1. The summed E-state index contributed by atoms with van der Waals surface area (Å²) in [5.41, 5.74) is 8.67. The molecule has 4 aromatic rings. The third-order valence-corrected chi connectivity index (χ3v) is 7.83. The van der Waals surface area contributed by atoms with E-state index in [9.17, 15) is 4.79 Å². The van der Waals surface area contributed by atoms with E-state index in [0.717, 1.165) is 59.1 Å². The van der Waals surface area contributed by atoms with Crippen LogP contribution >= 0.6 is 0 Å². The van der Waals surface area contributed by atoms with Crippen LogP contribution in [0.2, 0.25) is 0 Å². The van der Waals surface area contributed by atoms with Gasteiger partial charge in [-0.15, -0.1) is 0 Å². The van der Waals surface area contributed by atoms with Crippen molar-refractivity contribution >= 4 is 11.6 Å². The number of ether oxygens (including phenoxy) is 1. The molecule has 8 heteroatoms. The zero-order valence-electron chi connectivity index (χ0n) is 24.2. The van der Waals surface area contributed by atoms with E-state index >= 15 is 0 Å². The van der Waals surface area contributed by atoms with Gasteiger partial charge in [0.1, 0.15) is 5.75 Å². The molecule has 3 heterocycles. The molecule has 0 spiro atoms. The van der Waals surface area contributed by atoms with Crippen molar-refractivity contribution in [2.75, 3.05) is 25.5 Å². The van der Waals surface area contributed by atoms with Crippen molar-refractivity contribution in [2.45, 2.75) is 59.4 Å². The van der Waals surface area contributed by atoms with Crippen LogP contribution in [0.25, 0.3) is 16.9 Å². The Morgan fingerprint density at radius 3 is 2.46 bits per heavy atom. The van der Waals surface area contributed by atoms with Crippen molar-refractivity contribution < 1.29 is 9.53 Å². The van der Waals surface area contributed by atoms with Gasteiger partial charge in [0.25, 0.3) is 5.91 Å². The Bertz CT molecular complexity index is 1480. The van der Waals surface area contributed by atoms with E-state index in [1.54, 1.807) is 7.11 Å². The zero-order chi connectivity index (χ0) is 27.9. The lowest BCUT2D eigenvalue weighted by Gasteiger charge is -2.25. The highest BCUT2D eigenvalue weighted by atomic mass is 16.5. The molecule has 2 aromatic carbocycles. The Balaban J connectivity index is 1.43. The van der Waals surface area contributed by atoms with Crippen LogP contribution < -0.4 is 10.1 Å². The molecule has 1 amide bonds. The number of nitrogens with zero attached hydrogens (tertiary/aromatic N) is 4. The highest BCUT2D eigenvalue weighted by Crippen LogP contribution is 2.37. The molecule has 2 N–H and O–H groups in total. The second-order valence-electron chi connectivity index (χ2n) is 11.7. The quantitative estimate of drug-likeness (QED) is 0.309. The second-order valence-corrected chi connectivity index (χ2v) is 11.7. The second kappa shape index (κ2) is 10.4. The van der Waals surface area contributed by atoms with E-state index in [-0.39, 0.29) is 11.3 Å². The summed E-state index contributed by atoms with van der Waals surface area (Å²) in [5.74, 6) is 0.569. The summed E-state index contributed by atoms with van der Waals surface area (Å²) < 4.78 is 9.69. The third-order valence-electron chi connectivity index (χ3n) is 7.83. The maximum atomic E-state index is 13.6. The highest BCUT2D eigenvalue weighted by Gasteiger charge is 2.23. The largest absolute Gasteiger partial charge is 0.494 e. The van der Waals surface area contributed by atoms with Gasteiger partial charge < -0.3 is 10.1 Å². The monoisotopic (exact) mass is 528 g/mol. The number of benzene rings is 2. The SMILES string of the molecule is COc1c(CN2CCCC2)cc(C(C)(C)C)cc1NC(=O)c1ccc(C)c(-n2cc(-c3cnn(C)c3C)[nH]2)c1. The summed E-state index contributed by atoms with van der Waals surface area (Å²) in [7, 11) is 3.62. The summed E-state index contributed by atoms with van der Waals surface area (Å²) in [5, 5.41) is 10.9. The number of aromatic nitrogens is 4. The first-order chi connectivity index (χ1) is 18.5. The molecule has 8 nitrogen and oxygen atoms in total. The molecule has 1 aliphatic rings. The Labute approximate surface area is 230 Å².